The molecule has 1 saturated heterocycles. The number of unbranched alkanes of at least 4 members (excludes halogenated alkanes) is 2. The van der Waals surface area contributed by atoms with Gasteiger partial charge in [0.2, 0.25) is 10.0 Å². The zero-order chi connectivity index (χ0) is 16.7. The van der Waals surface area contributed by atoms with Crippen LogP contribution >= 0.6 is 0 Å². The van der Waals surface area contributed by atoms with Gasteiger partial charge in [0.1, 0.15) is 5.75 Å². The maximum atomic E-state index is 12.7. The molecule has 1 aromatic carbocycles. The Hall–Kier alpha value is -1.11. The van der Waals surface area contributed by atoms with Crippen molar-refractivity contribution in [3.8, 4) is 5.75 Å². The Morgan fingerprint density at radius 3 is 2.43 bits per heavy atom. The van der Waals surface area contributed by atoms with E-state index >= 15 is 0 Å². The van der Waals surface area contributed by atoms with Gasteiger partial charge < -0.3 is 10.1 Å². The van der Waals surface area contributed by atoms with Gasteiger partial charge in [-0.25, -0.2) is 8.42 Å². The molecular weight excluding hydrogens is 312 g/mol. The predicted octanol–water partition coefficient (Wildman–Crippen LogP) is 2.63. The first-order valence-electron chi connectivity index (χ1n) is 8.47. The second kappa shape index (κ2) is 8.66. The van der Waals surface area contributed by atoms with Crippen molar-refractivity contribution in [1.29, 1.82) is 0 Å². The summed E-state index contributed by atoms with van der Waals surface area (Å²) in [5, 5.41) is 3.26. The predicted molar refractivity (Wildman–Crippen MR) is 92.3 cm³/mol. The molecule has 0 bridgehead atoms. The molecule has 1 aromatic rings. The second-order valence-corrected chi connectivity index (χ2v) is 8.03. The van der Waals surface area contributed by atoms with Crippen molar-refractivity contribution in [2.24, 2.45) is 0 Å². The Bertz CT molecular complexity index is 566. The number of ether oxygens (including phenoxy) is 1. The lowest BCUT2D eigenvalue weighted by Gasteiger charge is -2.30. The van der Waals surface area contributed by atoms with Crippen molar-refractivity contribution >= 4 is 10.0 Å². The van der Waals surface area contributed by atoms with E-state index in [0.717, 1.165) is 50.9 Å². The fourth-order valence-corrected chi connectivity index (χ4v) is 4.20. The van der Waals surface area contributed by atoms with Crippen LogP contribution in [0.2, 0.25) is 0 Å². The molecule has 23 heavy (non-hydrogen) atoms. The summed E-state index contributed by atoms with van der Waals surface area (Å²) in [5.74, 6) is 0.726. The first-order valence-corrected chi connectivity index (χ1v) is 9.91. The van der Waals surface area contributed by atoms with Crippen LogP contribution in [0.3, 0.4) is 0 Å². The summed E-state index contributed by atoms with van der Waals surface area (Å²) in [7, 11) is -1.75. The summed E-state index contributed by atoms with van der Waals surface area (Å²) in [6.07, 6.45) is 5.04. The molecule has 1 aliphatic heterocycles. The van der Waals surface area contributed by atoms with Crippen LogP contribution in [0.5, 0.6) is 5.75 Å². The fourth-order valence-electron chi connectivity index (χ4n) is 2.78. The van der Waals surface area contributed by atoms with Crippen molar-refractivity contribution < 1.29 is 13.2 Å². The molecular formula is C17H28N2O3S. The highest BCUT2D eigenvalue weighted by Gasteiger charge is 2.28. The van der Waals surface area contributed by atoms with Crippen LogP contribution in [0.1, 0.15) is 39.0 Å². The Kier molecular flexibility index (Phi) is 6.87. The molecule has 5 nitrogen and oxygen atoms in total. The molecule has 1 N–H and O–H groups in total. The van der Waals surface area contributed by atoms with E-state index in [1.807, 2.05) is 0 Å². The highest BCUT2D eigenvalue weighted by atomic mass is 32.2. The number of sulfonamides is 1. The minimum Gasteiger partial charge on any atom is -0.494 e. The Morgan fingerprint density at radius 2 is 1.83 bits per heavy atom. The topological polar surface area (TPSA) is 58.6 Å². The molecule has 0 spiro atoms. The number of hydrogen-bond donors (Lipinski definition) is 1. The fraction of sp³-hybridized carbons (Fsp3) is 0.647. The van der Waals surface area contributed by atoms with E-state index < -0.39 is 10.0 Å². The van der Waals surface area contributed by atoms with E-state index in [1.54, 1.807) is 31.3 Å². The summed E-state index contributed by atoms with van der Waals surface area (Å²) in [4.78, 5) is 0.333. The minimum atomic E-state index is -3.43. The van der Waals surface area contributed by atoms with E-state index in [0.29, 0.717) is 11.5 Å². The lowest BCUT2D eigenvalue weighted by Crippen LogP contribution is -2.43. The van der Waals surface area contributed by atoms with Crippen LogP contribution < -0.4 is 10.1 Å². The molecule has 0 aliphatic carbocycles. The first kappa shape index (κ1) is 18.2. The molecule has 0 aromatic heterocycles. The van der Waals surface area contributed by atoms with Gasteiger partial charge in [-0.3, -0.25) is 0 Å². The lowest BCUT2D eigenvalue weighted by molar-refractivity contribution is 0.296. The van der Waals surface area contributed by atoms with Crippen molar-refractivity contribution in [2.45, 2.75) is 50.0 Å². The largest absolute Gasteiger partial charge is 0.494 e. The first-order chi connectivity index (χ1) is 11.1. The van der Waals surface area contributed by atoms with Crippen molar-refractivity contribution in [3.63, 3.8) is 0 Å². The molecule has 130 valence electrons. The standard InChI is InChI=1S/C17H28N2O3S/c1-3-4-5-14-22-16-6-8-17(9-7-16)23(20,21)19(2)15-10-12-18-13-11-15/h6-9,15,18H,3-5,10-14H2,1-2H3. The van der Waals surface area contributed by atoms with Gasteiger partial charge in [0.25, 0.3) is 0 Å². The van der Waals surface area contributed by atoms with E-state index in [4.69, 9.17) is 4.74 Å². The molecule has 1 fully saturated rings. The van der Waals surface area contributed by atoms with Crippen molar-refractivity contribution in [1.82, 2.24) is 9.62 Å². The normalized spacial score (nSPS) is 16.7. The maximum absolute atomic E-state index is 12.7. The number of benzene rings is 1. The van der Waals surface area contributed by atoms with Gasteiger partial charge in [-0.1, -0.05) is 19.8 Å². The highest BCUT2D eigenvalue weighted by molar-refractivity contribution is 7.89. The van der Waals surface area contributed by atoms with E-state index in [9.17, 15) is 8.42 Å². The summed E-state index contributed by atoms with van der Waals surface area (Å²) in [5.41, 5.74) is 0. The zero-order valence-electron chi connectivity index (χ0n) is 14.1. The summed E-state index contributed by atoms with van der Waals surface area (Å²) < 4.78 is 32.6. The molecule has 1 aliphatic rings. The molecule has 0 unspecified atom stereocenters. The quantitative estimate of drug-likeness (QED) is 0.739. The van der Waals surface area contributed by atoms with Gasteiger partial charge in [-0.05, 0) is 56.6 Å². The minimum absolute atomic E-state index is 0.0752. The third-order valence-electron chi connectivity index (χ3n) is 4.34. The lowest BCUT2D eigenvalue weighted by atomic mass is 10.1. The highest BCUT2D eigenvalue weighted by Crippen LogP contribution is 2.23. The van der Waals surface area contributed by atoms with Crippen LogP contribution in [0.25, 0.3) is 0 Å². The van der Waals surface area contributed by atoms with Crippen LogP contribution in [0.15, 0.2) is 29.2 Å². The third-order valence-corrected chi connectivity index (χ3v) is 6.26. The number of nitrogens with zero attached hydrogens (tertiary/aromatic N) is 1. The summed E-state index contributed by atoms with van der Waals surface area (Å²) >= 11 is 0. The van der Waals surface area contributed by atoms with Crippen LogP contribution in [0, 0.1) is 0 Å². The van der Waals surface area contributed by atoms with Gasteiger partial charge in [-0.2, -0.15) is 4.31 Å². The van der Waals surface area contributed by atoms with Crippen LogP contribution in [0.4, 0.5) is 0 Å². The average molecular weight is 340 g/mol. The Morgan fingerprint density at radius 1 is 1.17 bits per heavy atom. The van der Waals surface area contributed by atoms with E-state index in [2.05, 4.69) is 12.2 Å². The van der Waals surface area contributed by atoms with E-state index in [-0.39, 0.29) is 6.04 Å². The molecule has 6 heteroatoms. The number of piperidine rings is 1. The van der Waals surface area contributed by atoms with Crippen molar-refractivity contribution in [3.05, 3.63) is 24.3 Å². The zero-order valence-corrected chi connectivity index (χ0v) is 14.9. The number of rotatable bonds is 8. The maximum Gasteiger partial charge on any atom is 0.243 e. The smallest absolute Gasteiger partial charge is 0.243 e. The Balaban J connectivity index is 1.99. The SMILES string of the molecule is CCCCCOc1ccc(S(=O)(=O)N(C)C2CCNCC2)cc1. The molecule has 0 radical (unpaired) electrons. The molecule has 1 heterocycles. The van der Waals surface area contributed by atoms with Crippen LogP contribution in [-0.2, 0) is 10.0 Å². The molecule has 2 rings (SSSR count). The number of hydrogen-bond acceptors (Lipinski definition) is 4. The summed E-state index contributed by atoms with van der Waals surface area (Å²) in [6, 6.07) is 6.85. The van der Waals surface area contributed by atoms with E-state index in [1.165, 1.54) is 4.31 Å². The Labute approximate surface area is 140 Å². The average Bonchev–Trinajstić information content (AvgIpc) is 2.59. The molecule has 0 saturated carbocycles. The van der Waals surface area contributed by atoms with Gasteiger partial charge >= 0.3 is 0 Å². The summed E-state index contributed by atoms with van der Waals surface area (Å²) in [6.45, 7) is 4.57. The second-order valence-electron chi connectivity index (χ2n) is 6.03. The van der Waals surface area contributed by atoms with Crippen molar-refractivity contribution in [2.75, 3.05) is 26.7 Å². The molecule has 0 amide bonds. The van der Waals surface area contributed by atoms with Gasteiger partial charge in [0, 0.05) is 13.1 Å². The third kappa shape index (κ3) is 4.93. The number of nitrogens with one attached hydrogen (secondary N) is 1. The van der Waals surface area contributed by atoms with Gasteiger partial charge in [0.05, 0.1) is 11.5 Å². The van der Waals surface area contributed by atoms with Gasteiger partial charge in [-0.15, -0.1) is 0 Å². The van der Waals surface area contributed by atoms with Gasteiger partial charge in [0.15, 0.2) is 0 Å². The monoisotopic (exact) mass is 340 g/mol. The molecule has 0 atom stereocenters. The van der Waals surface area contributed by atoms with Crippen LogP contribution in [-0.4, -0.2) is 45.5 Å².